The molecule has 0 bridgehead atoms. The molecular weight excluding hydrogens is 356 g/mol. The van der Waals surface area contributed by atoms with Crippen LogP contribution in [0.5, 0.6) is 0 Å². The van der Waals surface area contributed by atoms with Crippen LogP contribution in [-0.4, -0.2) is 28.9 Å². The predicted octanol–water partition coefficient (Wildman–Crippen LogP) is 3.22. The zero-order chi connectivity index (χ0) is 20.1. The van der Waals surface area contributed by atoms with Crippen molar-refractivity contribution in [1.29, 1.82) is 0 Å². The summed E-state index contributed by atoms with van der Waals surface area (Å²) < 4.78 is 0. The van der Waals surface area contributed by atoms with Crippen LogP contribution >= 0.6 is 0 Å². The summed E-state index contributed by atoms with van der Waals surface area (Å²) in [5.74, 6) is -2.00. The molecule has 6 heteroatoms. The molecule has 6 nitrogen and oxygen atoms in total. The zero-order valence-electron chi connectivity index (χ0n) is 15.3. The summed E-state index contributed by atoms with van der Waals surface area (Å²) in [4.78, 5) is 35.7. The van der Waals surface area contributed by atoms with Crippen LogP contribution in [0.2, 0.25) is 0 Å². The summed E-state index contributed by atoms with van der Waals surface area (Å²) in [6.45, 7) is 1.34. The Labute approximate surface area is 162 Å². The molecule has 2 amide bonds. The number of benzene rings is 3. The molecule has 3 rings (SSSR count). The lowest BCUT2D eigenvalue weighted by Gasteiger charge is -2.16. The Morgan fingerprint density at radius 1 is 0.929 bits per heavy atom. The van der Waals surface area contributed by atoms with Crippen LogP contribution in [0.3, 0.4) is 0 Å². The zero-order valence-corrected chi connectivity index (χ0v) is 15.3. The van der Waals surface area contributed by atoms with Gasteiger partial charge >= 0.3 is 5.97 Å². The Morgan fingerprint density at radius 2 is 1.61 bits per heavy atom. The van der Waals surface area contributed by atoms with Crippen molar-refractivity contribution in [2.75, 3.05) is 5.32 Å². The molecule has 0 fully saturated rings. The van der Waals surface area contributed by atoms with Gasteiger partial charge in [0.05, 0.1) is 11.3 Å². The first-order valence-electron chi connectivity index (χ1n) is 8.82. The second kappa shape index (κ2) is 8.35. The molecule has 1 atom stereocenters. The van der Waals surface area contributed by atoms with Crippen molar-refractivity contribution in [2.45, 2.75) is 19.4 Å². The number of aliphatic carboxylic acids is 1. The van der Waals surface area contributed by atoms with Crippen molar-refractivity contribution >= 4 is 34.2 Å². The molecule has 3 aromatic carbocycles. The summed E-state index contributed by atoms with van der Waals surface area (Å²) in [5, 5.41) is 16.8. The molecule has 0 saturated carbocycles. The Morgan fingerprint density at radius 3 is 2.32 bits per heavy atom. The number of para-hydroxylation sites is 1. The molecule has 0 heterocycles. The highest BCUT2D eigenvalue weighted by molar-refractivity contribution is 6.04. The highest BCUT2D eigenvalue weighted by atomic mass is 16.4. The second-order valence-electron chi connectivity index (χ2n) is 6.48. The lowest BCUT2D eigenvalue weighted by molar-refractivity contribution is -0.139. The maximum atomic E-state index is 12.6. The molecule has 3 aromatic rings. The highest BCUT2D eigenvalue weighted by Gasteiger charge is 2.22. The van der Waals surface area contributed by atoms with Gasteiger partial charge in [-0.3, -0.25) is 9.59 Å². The van der Waals surface area contributed by atoms with Crippen molar-refractivity contribution in [3.63, 3.8) is 0 Å². The second-order valence-corrected chi connectivity index (χ2v) is 6.48. The minimum atomic E-state index is -1.13. The van der Waals surface area contributed by atoms with Crippen LogP contribution in [0, 0.1) is 0 Å². The number of carboxylic acids is 1. The number of rotatable bonds is 6. The molecule has 0 aromatic heterocycles. The molecule has 0 unspecified atom stereocenters. The number of fused-ring (bicyclic) bond motifs is 1. The van der Waals surface area contributed by atoms with Crippen LogP contribution in [0.25, 0.3) is 10.8 Å². The molecule has 0 aliphatic rings. The van der Waals surface area contributed by atoms with E-state index in [0.717, 1.165) is 16.3 Å². The quantitative estimate of drug-likeness (QED) is 0.615. The van der Waals surface area contributed by atoms with E-state index in [0.29, 0.717) is 5.69 Å². The maximum Gasteiger partial charge on any atom is 0.326 e. The van der Waals surface area contributed by atoms with Crippen molar-refractivity contribution in [3.05, 3.63) is 77.9 Å². The summed E-state index contributed by atoms with van der Waals surface area (Å²) >= 11 is 0. The topological polar surface area (TPSA) is 95.5 Å². The van der Waals surface area contributed by atoms with Gasteiger partial charge in [-0.15, -0.1) is 0 Å². The Bertz CT molecular complexity index is 1050. The first kappa shape index (κ1) is 19.1. The number of hydrogen-bond donors (Lipinski definition) is 3. The van der Waals surface area contributed by atoms with Gasteiger partial charge in [0.2, 0.25) is 5.91 Å². The van der Waals surface area contributed by atoms with Gasteiger partial charge in [0.25, 0.3) is 5.91 Å². The molecule has 0 saturated heterocycles. The number of anilines is 1. The van der Waals surface area contributed by atoms with Gasteiger partial charge in [0.1, 0.15) is 6.04 Å². The third kappa shape index (κ3) is 4.54. The average molecular weight is 376 g/mol. The molecule has 0 aliphatic carbocycles. The van der Waals surface area contributed by atoms with E-state index in [1.54, 1.807) is 18.2 Å². The number of hydrogen-bond acceptors (Lipinski definition) is 3. The standard InChI is InChI=1S/C22H20N2O4/c1-14(25)23-19-9-5-4-8-18(19)21(26)24-20(22(27)28)13-15-10-11-16-6-2-3-7-17(16)12-15/h2-12,20H,13H2,1H3,(H,23,25)(H,24,26)(H,27,28)/t20-/m1/s1. The van der Waals surface area contributed by atoms with E-state index in [1.807, 2.05) is 42.5 Å². The summed E-state index contributed by atoms with van der Waals surface area (Å²) in [5.41, 5.74) is 1.35. The Hall–Kier alpha value is -3.67. The van der Waals surface area contributed by atoms with Crippen molar-refractivity contribution in [3.8, 4) is 0 Å². The molecule has 28 heavy (non-hydrogen) atoms. The van der Waals surface area contributed by atoms with Crippen LogP contribution in [-0.2, 0) is 16.0 Å². The van der Waals surface area contributed by atoms with Gasteiger partial charge in [-0.2, -0.15) is 0 Å². The lowest BCUT2D eigenvalue weighted by atomic mass is 10.0. The Balaban J connectivity index is 1.80. The minimum absolute atomic E-state index is 0.147. The maximum absolute atomic E-state index is 12.6. The highest BCUT2D eigenvalue weighted by Crippen LogP contribution is 2.18. The van der Waals surface area contributed by atoms with Gasteiger partial charge in [0, 0.05) is 13.3 Å². The number of carboxylic acid groups (broad SMARTS) is 1. The SMILES string of the molecule is CC(=O)Nc1ccccc1C(=O)N[C@H](Cc1ccc2ccccc2c1)C(=O)O. The van der Waals surface area contributed by atoms with E-state index in [9.17, 15) is 19.5 Å². The van der Waals surface area contributed by atoms with Crippen molar-refractivity contribution < 1.29 is 19.5 Å². The number of nitrogens with one attached hydrogen (secondary N) is 2. The molecule has 0 spiro atoms. The predicted molar refractivity (Wildman–Crippen MR) is 107 cm³/mol. The van der Waals surface area contributed by atoms with Crippen LogP contribution in [0.4, 0.5) is 5.69 Å². The van der Waals surface area contributed by atoms with Gasteiger partial charge < -0.3 is 15.7 Å². The molecule has 0 radical (unpaired) electrons. The fraction of sp³-hybridized carbons (Fsp3) is 0.136. The normalized spacial score (nSPS) is 11.6. The summed E-state index contributed by atoms with van der Waals surface area (Å²) in [6.07, 6.45) is 0.147. The average Bonchev–Trinajstić information content (AvgIpc) is 2.67. The van der Waals surface area contributed by atoms with E-state index >= 15 is 0 Å². The number of carbonyl (C=O) groups is 3. The van der Waals surface area contributed by atoms with E-state index in [1.165, 1.54) is 13.0 Å². The smallest absolute Gasteiger partial charge is 0.326 e. The molecular formula is C22H20N2O4. The summed E-state index contributed by atoms with van der Waals surface area (Å²) in [7, 11) is 0. The molecule has 142 valence electrons. The third-order valence-corrected chi connectivity index (χ3v) is 4.34. The molecule has 3 N–H and O–H groups in total. The number of amides is 2. The minimum Gasteiger partial charge on any atom is -0.480 e. The van der Waals surface area contributed by atoms with Gasteiger partial charge in [-0.25, -0.2) is 4.79 Å². The number of carbonyl (C=O) groups excluding carboxylic acids is 2. The van der Waals surface area contributed by atoms with Crippen molar-refractivity contribution in [1.82, 2.24) is 5.32 Å². The Kier molecular flexibility index (Phi) is 5.69. The van der Waals surface area contributed by atoms with E-state index in [-0.39, 0.29) is 17.9 Å². The first-order valence-corrected chi connectivity index (χ1v) is 8.82. The monoisotopic (exact) mass is 376 g/mol. The van der Waals surface area contributed by atoms with Crippen LogP contribution in [0.1, 0.15) is 22.8 Å². The van der Waals surface area contributed by atoms with Crippen molar-refractivity contribution in [2.24, 2.45) is 0 Å². The first-order chi connectivity index (χ1) is 13.4. The van der Waals surface area contributed by atoms with E-state index < -0.39 is 17.9 Å². The van der Waals surface area contributed by atoms with E-state index in [4.69, 9.17) is 0 Å². The van der Waals surface area contributed by atoms with Crippen LogP contribution in [0.15, 0.2) is 66.7 Å². The van der Waals surface area contributed by atoms with Gasteiger partial charge in [-0.1, -0.05) is 54.6 Å². The van der Waals surface area contributed by atoms with E-state index in [2.05, 4.69) is 10.6 Å². The van der Waals surface area contributed by atoms with Gasteiger partial charge in [0.15, 0.2) is 0 Å². The third-order valence-electron chi connectivity index (χ3n) is 4.34. The largest absolute Gasteiger partial charge is 0.480 e. The van der Waals surface area contributed by atoms with Crippen LogP contribution < -0.4 is 10.6 Å². The fourth-order valence-electron chi connectivity index (χ4n) is 3.02. The summed E-state index contributed by atoms with van der Waals surface area (Å²) in [6, 6.07) is 18.9. The lowest BCUT2D eigenvalue weighted by Crippen LogP contribution is -2.42. The fourth-order valence-corrected chi connectivity index (χ4v) is 3.02. The molecule has 0 aliphatic heterocycles. The van der Waals surface area contributed by atoms with Gasteiger partial charge in [-0.05, 0) is 28.5 Å².